The third-order valence-corrected chi connectivity index (χ3v) is 4.71. The lowest BCUT2D eigenvalue weighted by molar-refractivity contribution is -0.139. The Labute approximate surface area is 135 Å². The second kappa shape index (κ2) is 7.41. The molecule has 1 amide bonds. The van der Waals surface area contributed by atoms with Gasteiger partial charge in [0.25, 0.3) is 0 Å². The van der Waals surface area contributed by atoms with Gasteiger partial charge in [-0.15, -0.1) is 0 Å². The predicted molar refractivity (Wildman–Crippen MR) is 88.3 cm³/mol. The minimum atomic E-state index is 0.184. The van der Waals surface area contributed by atoms with E-state index in [9.17, 15) is 4.79 Å². The van der Waals surface area contributed by atoms with E-state index in [-0.39, 0.29) is 17.9 Å². The van der Waals surface area contributed by atoms with Crippen LogP contribution in [0.4, 0.5) is 0 Å². The molecule has 0 saturated carbocycles. The van der Waals surface area contributed by atoms with E-state index in [1.54, 1.807) is 0 Å². The average molecular weight is 354 g/mol. The number of hydrogen-bond acceptors (Lipinski definition) is 2. The second-order valence-electron chi connectivity index (χ2n) is 6.12. The molecule has 116 valence electrons. The predicted octanol–water partition coefficient (Wildman–Crippen LogP) is 3.83. The van der Waals surface area contributed by atoms with Crippen molar-refractivity contribution in [1.82, 2.24) is 4.90 Å². The maximum Gasteiger partial charge on any atom is 0.223 e. The highest BCUT2D eigenvalue weighted by Gasteiger charge is 2.27. The molecule has 21 heavy (non-hydrogen) atoms. The largest absolute Gasteiger partial charge is 0.377 e. The van der Waals surface area contributed by atoms with Gasteiger partial charge in [-0.05, 0) is 36.5 Å². The Kier molecular flexibility index (Phi) is 5.82. The first-order valence-corrected chi connectivity index (χ1v) is 8.41. The fourth-order valence-electron chi connectivity index (χ4n) is 2.85. The Hall–Kier alpha value is -0.870. The summed E-state index contributed by atoms with van der Waals surface area (Å²) >= 11 is 3.46. The van der Waals surface area contributed by atoms with Crippen LogP contribution in [0.15, 0.2) is 28.7 Å². The van der Waals surface area contributed by atoms with Gasteiger partial charge in [-0.2, -0.15) is 0 Å². The quantitative estimate of drug-likeness (QED) is 0.823. The van der Waals surface area contributed by atoms with Crippen molar-refractivity contribution in [3.8, 4) is 0 Å². The maximum absolute atomic E-state index is 12.6. The molecule has 2 atom stereocenters. The number of nitrogens with zero attached hydrogens (tertiary/aromatic N) is 1. The highest BCUT2D eigenvalue weighted by molar-refractivity contribution is 9.10. The molecule has 4 heteroatoms. The molecule has 0 N–H and O–H groups in total. The van der Waals surface area contributed by atoms with Crippen LogP contribution in [-0.2, 0) is 9.53 Å². The molecule has 2 unspecified atom stereocenters. The van der Waals surface area contributed by atoms with E-state index < -0.39 is 0 Å². The van der Waals surface area contributed by atoms with Crippen LogP contribution >= 0.6 is 15.9 Å². The van der Waals surface area contributed by atoms with Crippen LogP contribution in [0, 0.1) is 5.92 Å². The lowest BCUT2D eigenvalue weighted by Crippen LogP contribution is -2.47. The number of carbonyl (C=O) groups excluding carboxylic acids is 1. The first-order valence-electron chi connectivity index (χ1n) is 7.61. The molecule has 1 aromatic rings. The molecule has 0 aromatic heterocycles. The van der Waals surface area contributed by atoms with Crippen molar-refractivity contribution >= 4 is 21.8 Å². The van der Waals surface area contributed by atoms with Gasteiger partial charge in [-0.1, -0.05) is 41.9 Å². The van der Waals surface area contributed by atoms with Gasteiger partial charge in [0.2, 0.25) is 5.91 Å². The van der Waals surface area contributed by atoms with Gasteiger partial charge in [-0.25, -0.2) is 0 Å². The van der Waals surface area contributed by atoms with Crippen molar-refractivity contribution in [2.45, 2.75) is 39.2 Å². The summed E-state index contributed by atoms with van der Waals surface area (Å²) in [4.78, 5) is 14.6. The van der Waals surface area contributed by atoms with Crippen molar-refractivity contribution in [2.75, 3.05) is 19.8 Å². The minimum Gasteiger partial charge on any atom is -0.377 e. The normalized spacial score (nSPS) is 20.6. The maximum atomic E-state index is 12.6. The molecule has 0 bridgehead atoms. The topological polar surface area (TPSA) is 29.5 Å². The Morgan fingerprint density at radius 2 is 2.05 bits per heavy atom. The van der Waals surface area contributed by atoms with Gasteiger partial charge in [0, 0.05) is 17.4 Å². The average Bonchev–Trinajstić information content (AvgIpc) is 2.46. The number of hydrogen-bond donors (Lipinski definition) is 0. The van der Waals surface area contributed by atoms with Crippen LogP contribution in [0.1, 0.15) is 38.7 Å². The van der Waals surface area contributed by atoms with E-state index in [1.807, 2.05) is 17.0 Å². The molecule has 0 radical (unpaired) electrons. The number of morpholine rings is 1. The molecule has 2 rings (SSSR count). The van der Waals surface area contributed by atoms with Crippen LogP contribution in [0.5, 0.6) is 0 Å². The Bertz CT molecular complexity index is 472. The molecule has 0 aliphatic carbocycles. The minimum absolute atomic E-state index is 0.184. The van der Waals surface area contributed by atoms with Crippen LogP contribution in [0.3, 0.4) is 0 Å². The molecular formula is C17H24BrNO2. The summed E-state index contributed by atoms with van der Waals surface area (Å²) in [7, 11) is 0. The summed E-state index contributed by atoms with van der Waals surface area (Å²) in [6, 6.07) is 8.51. The number of carbonyl (C=O) groups is 1. The van der Waals surface area contributed by atoms with Gasteiger partial charge in [-0.3, -0.25) is 4.79 Å². The summed E-state index contributed by atoms with van der Waals surface area (Å²) in [5.41, 5.74) is 1.24. The zero-order valence-corrected chi connectivity index (χ0v) is 14.6. The van der Waals surface area contributed by atoms with Gasteiger partial charge in [0.15, 0.2) is 0 Å². The zero-order valence-electron chi connectivity index (χ0n) is 13.0. The fraction of sp³-hybridized carbons (Fsp3) is 0.588. The monoisotopic (exact) mass is 353 g/mol. The molecule has 0 spiro atoms. The van der Waals surface area contributed by atoms with Gasteiger partial charge in [0.05, 0.1) is 19.3 Å². The summed E-state index contributed by atoms with van der Waals surface area (Å²) in [6.45, 7) is 8.44. The lowest BCUT2D eigenvalue weighted by Gasteiger charge is -2.35. The molecule has 1 saturated heterocycles. The van der Waals surface area contributed by atoms with E-state index >= 15 is 0 Å². The third kappa shape index (κ3) is 4.30. The highest BCUT2D eigenvalue weighted by Crippen LogP contribution is 2.30. The number of ether oxygens (including phenoxy) is 1. The Morgan fingerprint density at radius 3 is 2.62 bits per heavy atom. The van der Waals surface area contributed by atoms with E-state index in [2.05, 4.69) is 48.8 Å². The molecule has 1 aliphatic heterocycles. The number of amides is 1. The number of rotatable bonds is 4. The van der Waals surface area contributed by atoms with Crippen LogP contribution in [0.25, 0.3) is 0 Å². The summed E-state index contributed by atoms with van der Waals surface area (Å²) in [5.74, 6) is 0.944. The molecule has 1 aliphatic rings. The first-order chi connectivity index (χ1) is 9.99. The number of benzene rings is 1. The van der Waals surface area contributed by atoms with E-state index in [0.717, 1.165) is 4.47 Å². The van der Waals surface area contributed by atoms with Gasteiger partial charge < -0.3 is 9.64 Å². The Morgan fingerprint density at radius 1 is 1.38 bits per heavy atom. The molecular weight excluding hydrogens is 330 g/mol. The van der Waals surface area contributed by atoms with Crippen molar-refractivity contribution in [3.63, 3.8) is 0 Å². The summed E-state index contributed by atoms with van der Waals surface area (Å²) in [6.07, 6.45) is 0.573. The first kappa shape index (κ1) is 16.5. The molecule has 3 nitrogen and oxygen atoms in total. The highest BCUT2D eigenvalue weighted by atomic mass is 79.9. The smallest absolute Gasteiger partial charge is 0.223 e. The van der Waals surface area contributed by atoms with Crippen molar-refractivity contribution in [3.05, 3.63) is 34.3 Å². The summed E-state index contributed by atoms with van der Waals surface area (Å²) < 4.78 is 6.48. The van der Waals surface area contributed by atoms with E-state index in [1.165, 1.54) is 5.56 Å². The van der Waals surface area contributed by atoms with Gasteiger partial charge >= 0.3 is 0 Å². The molecule has 1 aromatic carbocycles. The SMILES string of the molecule is CC(C)C(CC(=O)N1CCOCC1C)c1ccc(Br)cc1. The zero-order chi connectivity index (χ0) is 15.4. The van der Waals surface area contributed by atoms with Crippen molar-refractivity contribution < 1.29 is 9.53 Å². The standard InChI is InChI=1S/C17H24BrNO2/c1-12(2)16(14-4-6-15(18)7-5-14)10-17(20)19-8-9-21-11-13(19)3/h4-7,12-13,16H,8-11H2,1-3H3. The number of halogens is 1. The van der Waals surface area contributed by atoms with Crippen molar-refractivity contribution in [1.29, 1.82) is 0 Å². The lowest BCUT2D eigenvalue weighted by atomic mass is 9.85. The second-order valence-corrected chi connectivity index (χ2v) is 7.03. The molecule has 1 heterocycles. The van der Waals surface area contributed by atoms with E-state index in [0.29, 0.717) is 32.1 Å². The van der Waals surface area contributed by atoms with Crippen LogP contribution in [-0.4, -0.2) is 36.6 Å². The third-order valence-electron chi connectivity index (χ3n) is 4.19. The molecule has 1 fully saturated rings. The van der Waals surface area contributed by atoms with E-state index in [4.69, 9.17) is 4.74 Å². The van der Waals surface area contributed by atoms with Crippen LogP contribution in [0.2, 0.25) is 0 Å². The summed E-state index contributed by atoms with van der Waals surface area (Å²) in [5, 5.41) is 0. The van der Waals surface area contributed by atoms with Gasteiger partial charge in [0.1, 0.15) is 0 Å². The van der Waals surface area contributed by atoms with Crippen molar-refractivity contribution in [2.24, 2.45) is 5.92 Å². The Balaban J connectivity index is 2.09. The fourth-order valence-corrected chi connectivity index (χ4v) is 3.12. The van der Waals surface area contributed by atoms with Crippen LogP contribution < -0.4 is 0 Å².